The van der Waals surface area contributed by atoms with E-state index in [9.17, 15) is 0 Å². The second-order valence-electron chi connectivity index (χ2n) is 3.35. The van der Waals surface area contributed by atoms with E-state index in [1.807, 2.05) is 12.1 Å². The molecule has 84 valence electrons. The molecule has 1 heterocycles. The largest absolute Gasteiger partial charge is 0.371 e. The highest BCUT2D eigenvalue weighted by Gasteiger charge is 1.99. The number of hydrogen-bond donors (Lipinski definition) is 0. The van der Waals surface area contributed by atoms with Crippen LogP contribution in [0.15, 0.2) is 44.7 Å². The lowest BCUT2D eigenvalue weighted by atomic mass is 10.2. The monoisotopic (exact) mass is 360 g/mol. The Bertz CT molecular complexity index is 468. The molecular weight excluding hydrogens is 352 g/mol. The van der Waals surface area contributed by atoms with Gasteiger partial charge in [-0.3, -0.25) is 0 Å². The van der Waals surface area contributed by atoms with Gasteiger partial charge in [-0.2, -0.15) is 0 Å². The number of rotatable bonds is 4. The minimum Gasteiger partial charge on any atom is -0.371 e. The highest BCUT2D eigenvalue weighted by atomic mass is 79.9. The maximum atomic E-state index is 5.64. The molecule has 0 bridgehead atoms. The lowest BCUT2D eigenvalue weighted by molar-refractivity contribution is 0.109. The van der Waals surface area contributed by atoms with Gasteiger partial charge in [0.2, 0.25) is 0 Å². The first-order valence-electron chi connectivity index (χ1n) is 4.79. The van der Waals surface area contributed by atoms with Crippen molar-refractivity contribution in [3.05, 3.63) is 55.1 Å². The van der Waals surface area contributed by atoms with Gasteiger partial charge in [-0.1, -0.05) is 28.1 Å². The SMILES string of the molecule is Brc1cccc(COCc2cc(Br)cs2)c1. The van der Waals surface area contributed by atoms with Crippen molar-refractivity contribution < 1.29 is 4.74 Å². The molecule has 0 aliphatic carbocycles. The zero-order chi connectivity index (χ0) is 11.4. The van der Waals surface area contributed by atoms with Crippen molar-refractivity contribution in [3.63, 3.8) is 0 Å². The Hall–Kier alpha value is -0.160. The summed E-state index contributed by atoms with van der Waals surface area (Å²) in [7, 11) is 0. The van der Waals surface area contributed by atoms with Gasteiger partial charge in [0.1, 0.15) is 0 Å². The molecule has 2 rings (SSSR count). The van der Waals surface area contributed by atoms with Crippen LogP contribution in [0.4, 0.5) is 0 Å². The molecule has 0 atom stereocenters. The van der Waals surface area contributed by atoms with Crippen molar-refractivity contribution in [2.45, 2.75) is 13.2 Å². The lowest BCUT2D eigenvalue weighted by Crippen LogP contribution is -1.92. The van der Waals surface area contributed by atoms with E-state index in [-0.39, 0.29) is 0 Å². The quantitative estimate of drug-likeness (QED) is 0.745. The fourth-order valence-electron chi connectivity index (χ4n) is 1.33. The highest BCUT2D eigenvalue weighted by molar-refractivity contribution is 9.10. The molecule has 0 fully saturated rings. The van der Waals surface area contributed by atoms with Crippen molar-refractivity contribution >= 4 is 43.2 Å². The number of benzene rings is 1. The van der Waals surface area contributed by atoms with Crippen LogP contribution < -0.4 is 0 Å². The van der Waals surface area contributed by atoms with Crippen molar-refractivity contribution in [2.24, 2.45) is 0 Å². The summed E-state index contributed by atoms with van der Waals surface area (Å²) in [5.41, 5.74) is 1.19. The number of thiophene rings is 1. The molecule has 1 nitrogen and oxygen atoms in total. The van der Waals surface area contributed by atoms with Crippen LogP contribution in [0.3, 0.4) is 0 Å². The lowest BCUT2D eigenvalue weighted by Gasteiger charge is -2.03. The Morgan fingerprint density at radius 1 is 1.06 bits per heavy atom. The van der Waals surface area contributed by atoms with Crippen LogP contribution in [0, 0.1) is 0 Å². The first kappa shape index (κ1) is 12.3. The molecule has 0 N–H and O–H groups in total. The third kappa shape index (κ3) is 3.70. The average Bonchev–Trinajstić information content (AvgIpc) is 2.64. The summed E-state index contributed by atoms with van der Waals surface area (Å²) in [5.74, 6) is 0. The minimum absolute atomic E-state index is 0.648. The number of ether oxygens (including phenoxy) is 1. The van der Waals surface area contributed by atoms with Crippen LogP contribution >= 0.6 is 43.2 Å². The molecule has 0 aliphatic rings. The topological polar surface area (TPSA) is 9.23 Å². The normalized spacial score (nSPS) is 10.6. The maximum absolute atomic E-state index is 5.64. The molecule has 2 aromatic rings. The Balaban J connectivity index is 1.84. The molecular formula is C12H10Br2OS. The third-order valence-electron chi connectivity index (χ3n) is 2.02. The highest BCUT2D eigenvalue weighted by Crippen LogP contribution is 2.21. The summed E-state index contributed by atoms with van der Waals surface area (Å²) >= 11 is 8.58. The van der Waals surface area contributed by atoms with Crippen LogP contribution in [0.2, 0.25) is 0 Å². The zero-order valence-electron chi connectivity index (χ0n) is 8.45. The second kappa shape index (κ2) is 5.96. The van der Waals surface area contributed by atoms with Crippen molar-refractivity contribution in [1.82, 2.24) is 0 Å². The standard InChI is InChI=1S/C12H10Br2OS/c13-10-3-1-2-9(4-10)6-15-7-12-5-11(14)8-16-12/h1-5,8H,6-7H2. The van der Waals surface area contributed by atoms with E-state index in [4.69, 9.17) is 4.74 Å². The van der Waals surface area contributed by atoms with Gasteiger partial charge in [-0.05, 0) is 39.7 Å². The molecule has 4 heteroatoms. The van der Waals surface area contributed by atoms with Crippen molar-refractivity contribution in [1.29, 1.82) is 0 Å². The summed E-state index contributed by atoms with van der Waals surface area (Å²) in [4.78, 5) is 1.24. The molecule has 0 aliphatic heterocycles. The van der Waals surface area contributed by atoms with E-state index in [2.05, 4.69) is 55.4 Å². The molecule has 0 saturated carbocycles. The van der Waals surface area contributed by atoms with Crippen LogP contribution in [-0.4, -0.2) is 0 Å². The molecule has 1 aromatic heterocycles. The molecule has 0 spiro atoms. The Morgan fingerprint density at radius 2 is 1.94 bits per heavy atom. The smallest absolute Gasteiger partial charge is 0.0814 e. The number of halogens is 2. The van der Waals surface area contributed by atoms with E-state index >= 15 is 0 Å². The van der Waals surface area contributed by atoms with Crippen LogP contribution in [0.5, 0.6) is 0 Å². The average molecular weight is 362 g/mol. The van der Waals surface area contributed by atoms with Gasteiger partial charge >= 0.3 is 0 Å². The summed E-state index contributed by atoms with van der Waals surface area (Å²) < 4.78 is 7.86. The van der Waals surface area contributed by atoms with E-state index in [0.717, 1.165) is 8.95 Å². The fourth-order valence-corrected chi connectivity index (χ4v) is 3.16. The third-order valence-corrected chi connectivity index (χ3v) is 4.19. The molecule has 0 unspecified atom stereocenters. The zero-order valence-corrected chi connectivity index (χ0v) is 12.4. The van der Waals surface area contributed by atoms with Crippen molar-refractivity contribution in [3.8, 4) is 0 Å². The Morgan fingerprint density at radius 3 is 2.62 bits per heavy atom. The van der Waals surface area contributed by atoms with E-state index in [0.29, 0.717) is 13.2 Å². The molecule has 0 radical (unpaired) electrons. The summed E-state index contributed by atoms with van der Waals surface area (Å²) in [5, 5.41) is 2.07. The van der Waals surface area contributed by atoms with Gasteiger partial charge in [-0.25, -0.2) is 0 Å². The van der Waals surface area contributed by atoms with Gasteiger partial charge < -0.3 is 4.74 Å². The molecule has 0 amide bonds. The van der Waals surface area contributed by atoms with E-state index < -0.39 is 0 Å². The minimum atomic E-state index is 0.648. The predicted octanol–water partition coefficient (Wildman–Crippen LogP) is 4.99. The van der Waals surface area contributed by atoms with Gasteiger partial charge in [0.05, 0.1) is 13.2 Å². The maximum Gasteiger partial charge on any atom is 0.0814 e. The van der Waals surface area contributed by atoms with Gasteiger partial charge in [0.15, 0.2) is 0 Å². The van der Waals surface area contributed by atoms with Crippen LogP contribution in [0.25, 0.3) is 0 Å². The molecule has 0 saturated heterocycles. The number of hydrogen-bond acceptors (Lipinski definition) is 2. The van der Waals surface area contributed by atoms with Gasteiger partial charge in [-0.15, -0.1) is 11.3 Å². The van der Waals surface area contributed by atoms with Crippen LogP contribution in [0.1, 0.15) is 10.4 Å². The molecule has 16 heavy (non-hydrogen) atoms. The van der Waals surface area contributed by atoms with E-state index in [1.54, 1.807) is 11.3 Å². The summed E-state index contributed by atoms with van der Waals surface area (Å²) in [6, 6.07) is 10.3. The summed E-state index contributed by atoms with van der Waals surface area (Å²) in [6.07, 6.45) is 0. The van der Waals surface area contributed by atoms with E-state index in [1.165, 1.54) is 10.4 Å². The van der Waals surface area contributed by atoms with Crippen LogP contribution in [-0.2, 0) is 18.0 Å². The molecule has 1 aromatic carbocycles. The first-order chi connectivity index (χ1) is 7.74. The summed E-state index contributed by atoms with van der Waals surface area (Å²) in [6.45, 7) is 1.32. The second-order valence-corrected chi connectivity index (χ2v) is 6.18. The Labute approximate surface area is 116 Å². The Kier molecular flexibility index (Phi) is 4.58. The van der Waals surface area contributed by atoms with Gasteiger partial charge in [0.25, 0.3) is 0 Å². The fraction of sp³-hybridized carbons (Fsp3) is 0.167. The van der Waals surface area contributed by atoms with Crippen molar-refractivity contribution in [2.75, 3.05) is 0 Å². The predicted molar refractivity (Wildman–Crippen MR) is 74.7 cm³/mol. The van der Waals surface area contributed by atoms with Gasteiger partial charge in [0, 0.05) is 19.2 Å². The first-order valence-corrected chi connectivity index (χ1v) is 7.26.